The molecular formula is C11H27NOSi. The fourth-order valence-electron chi connectivity index (χ4n) is 1.54. The molecule has 0 atom stereocenters. The van der Waals surface area contributed by atoms with Crippen LogP contribution in [0.25, 0.3) is 0 Å². The third-order valence-corrected chi connectivity index (χ3v) is 4.92. The van der Waals surface area contributed by atoms with Gasteiger partial charge in [0, 0.05) is 0 Å². The van der Waals surface area contributed by atoms with Crippen molar-refractivity contribution in [1.82, 2.24) is 0 Å². The largest absolute Gasteiger partial charge is 0.418 e. The van der Waals surface area contributed by atoms with Crippen molar-refractivity contribution in [3.63, 3.8) is 0 Å². The Hall–Kier alpha value is 0.137. The Labute approximate surface area is 91.5 Å². The molecule has 0 aliphatic rings. The summed E-state index contributed by atoms with van der Waals surface area (Å²) in [5, 5.41) is 0. The first-order valence-electron chi connectivity index (χ1n) is 5.79. The topological polar surface area (TPSA) is 35.2 Å². The van der Waals surface area contributed by atoms with E-state index in [0.717, 1.165) is 13.0 Å². The van der Waals surface area contributed by atoms with Crippen molar-refractivity contribution < 1.29 is 4.43 Å². The maximum atomic E-state index is 6.14. The lowest BCUT2D eigenvalue weighted by Gasteiger charge is -2.38. The van der Waals surface area contributed by atoms with Crippen molar-refractivity contribution in [2.24, 2.45) is 17.6 Å². The van der Waals surface area contributed by atoms with Crippen molar-refractivity contribution in [3.8, 4) is 0 Å². The molecule has 0 fully saturated rings. The second-order valence-corrected chi connectivity index (χ2v) is 6.24. The highest BCUT2D eigenvalue weighted by Gasteiger charge is 2.31. The van der Waals surface area contributed by atoms with Crippen molar-refractivity contribution in [2.45, 2.75) is 52.7 Å². The molecule has 0 saturated carbocycles. The van der Waals surface area contributed by atoms with Gasteiger partial charge < -0.3 is 10.2 Å². The van der Waals surface area contributed by atoms with E-state index in [1.54, 1.807) is 0 Å². The van der Waals surface area contributed by atoms with Gasteiger partial charge in [0.25, 0.3) is 0 Å². The summed E-state index contributed by atoms with van der Waals surface area (Å²) in [4.78, 5) is 0. The van der Waals surface area contributed by atoms with Crippen LogP contribution >= 0.6 is 0 Å². The molecule has 0 saturated heterocycles. The van der Waals surface area contributed by atoms with Gasteiger partial charge >= 0.3 is 0 Å². The Kier molecular flexibility index (Phi) is 6.65. The van der Waals surface area contributed by atoms with Gasteiger partial charge in [-0.05, 0) is 37.8 Å². The monoisotopic (exact) mass is 217 g/mol. The Bertz CT molecular complexity index is 140. The summed E-state index contributed by atoms with van der Waals surface area (Å²) in [5.41, 5.74) is 5.53. The third kappa shape index (κ3) is 4.11. The Morgan fingerprint density at radius 2 is 1.71 bits per heavy atom. The van der Waals surface area contributed by atoms with Crippen LogP contribution in [0.1, 0.15) is 41.0 Å². The van der Waals surface area contributed by atoms with Crippen molar-refractivity contribution in [3.05, 3.63) is 0 Å². The van der Waals surface area contributed by atoms with E-state index >= 15 is 0 Å². The molecule has 0 rings (SSSR count). The van der Waals surface area contributed by atoms with Crippen LogP contribution in [0, 0.1) is 11.8 Å². The first-order valence-corrected chi connectivity index (χ1v) is 7.37. The second kappa shape index (κ2) is 6.59. The summed E-state index contributed by atoms with van der Waals surface area (Å²) in [5.74, 6) is 1.18. The zero-order valence-electron chi connectivity index (χ0n) is 10.5. The van der Waals surface area contributed by atoms with Crippen LogP contribution in [0.4, 0.5) is 0 Å². The van der Waals surface area contributed by atoms with Crippen molar-refractivity contribution >= 4 is 9.76 Å². The summed E-state index contributed by atoms with van der Waals surface area (Å²) in [6.07, 6.45) is 1.12. The van der Waals surface area contributed by atoms with Crippen LogP contribution in [0.5, 0.6) is 0 Å². The highest BCUT2D eigenvalue weighted by Crippen LogP contribution is 2.29. The minimum atomic E-state index is -0.369. The van der Waals surface area contributed by atoms with Gasteiger partial charge in [0.15, 0.2) is 9.76 Å². The van der Waals surface area contributed by atoms with Gasteiger partial charge in [-0.3, -0.25) is 0 Å². The van der Waals surface area contributed by atoms with E-state index < -0.39 is 0 Å². The predicted octanol–water partition coefficient (Wildman–Crippen LogP) is 1.92. The maximum absolute atomic E-state index is 6.14. The molecule has 0 aromatic heterocycles. The number of hydrogen-bond acceptors (Lipinski definition) is 2. The van der Waals surface area contributed by atoms with Crippen LogP contribution in [0.3, 0.4) is 0 Å². The summed E-state index contributed by atoms with van der Waals surface area (Å²) < 4.78 is 6.14. The van der Waals surface area contributed by atoms with Crippen molar-refractivity contribution in [2.75, 3.05) is 6.54 Å². The first kappa shape index (κ1) is 14.1. The zero-order valence-corrected chi connectivity index (χ0v) is 11.9. The van der Waals surface area contributed by atoms with E-state index in [1.807, 2.05) is 0 Å². The second-order valence-electron chi connectivity index (χ2n) is 4.84. The number of rotatable bonds is 7. The zero-order chi connectivity index (χ0) is 11.2. The van der Waals surface area contributed by atoms with Gasteiger partial charge in [0.05, 0.1) is 5.60 Å². The molecule has 0 radical (unpaired) electrons. The van der Waals surface area contributed by atoms with E-state index in [-0.39, 0.29) is 15.4 Å². The molecule has 0 aliphatic heterocycles. The molecule has 2 N–H and O–H groups in total. The fourth-order valence-corrected chi connectivity index (χ4v) is 3.28. The molecule has 0 aliphatic carbocycles. The molecule has 86 valence electrons. The van der Waals surface area contributed by atoms with Gasteiger partial charge in [-0.15, -0.1) is 0 Å². The minimum Gasteiger partial charge on any atom is -0.418 e. The van der Waals surface area contributed by atoms with E-state index in [0.29, 0.717) is 11.8 Å². The smallest absolute Gasteiger partial charge is 0.162 e. The summed E-state index contributed by atoms with van der Waals surface area (Å²) in [6.45, 7) is 12.0. The maximum Gasteiger partial charge on any atom is 0.162 e. The average molecular weight is 217 g/mol. The van der Waals surface area contributed by atoms with E-state index in [4.69, 9.17) is 10.2 Å². The van der Waals surface area contributed by atoms with Crippen LogP contribution in [0.2, 0.25) is 6.04 Å². The Morgan fingerprint density at radius 3 is 2.07 bits per heavy atom. The van der Waals surface area contributed by atoms with Crippen LogP contribution < -0.4 is 5.73 Å². The van der Waals surface area contributed by atoms with Gasteiger partial charge in [0.1, 0.15) is 0 Å². The molecule has 0 unspecified atom stereocenters. The lowest BCUT2D eigenvalue weighted by atomic mass is 9.82. The van der Waals surface area contributed by atoms with Crippen LogP contribution in [0.15, 0.2) is 0 Å². The Morgan fingerprint density at radius 1 is 1.21 bits per heavy atom. The van der Waals surface area contributed by atoms with Crippen molar-refractivity contribution in [1.29, 1.82) is 0 Å². The van der Waals surface area contributed by atoms with Crippen LogP contribution in [-0.2, 0) is 4.43 Å². The molecule has 0 amide bonds. The fraction of sp³-hybridized carbons (Fsp3) is 1.00. The first-order chi connectivity index (χ1) is 6.45. The number of hydrogen-bond donors (Lipinski definition) is 1. The number of nitrogens with two attached hydrogens (primary N) is 1. The average Bonchev–Trinajstić information content (AvgIpc) is 2.11. The normalized spacial score (nSPS) is 13.7. The van der Waals surface area contributed by atoms with Crippen LogP contribution in [-0.4, -0.2) is 21.9 Å². The SMILES string of the molecule is CC(C)C(C)(O[SiH2]CCCN)C(C)C. The predicted molar refractivity (Wildman–Crippen MR) is 66.2 cm³/mol. The molecule has 0 heterocycles. The van der Waals surface area contributed by atoms with E-state index in [1.165, 1.54) is 6.04 Å². The highest BCUT2D eigenvalue weighted by molar-refractivity contribution is 6.27. The van der Waals surface area contributed by atoms with E-state index in [9.17, 15) is 0 Å². The van der Waals surface area contributed by atoms with Gasteiger partial charge in [-0.25, -0.2) is 0 Å². The standard InChI is InChI=1S/C11H27NOSi/c1-9(2)11(5,10(3)4)13-14-8-6-7-12/h9-10H,6-8,12,14H2,1-5H3. The van der Waals surface area contributed by atoms with Gasteiger partial charge in [-0.2, -0.15) is 0 Å². The summed E-state index contributed by atoms with van der Waals surface area (Å²) >= 11 is 0. The molecule has 14 heavy (non-hydrogen) atoms. The third-order valence-electron chi connectivity index (χ3n) is 3.30. The minimum absolute atomic E-state index is 0.0703. The summed E-state index contributed by atoms with van der Waals surface area (Å²) in [7, 11) is -0.369. The highest BCUT2D eigenvalue weighted by atomic mass is 28.2. The molecule has 0 aromatic carbocycles. The molecule has 2 nitrogen and oxygen atoms in total. The molecule has 0 bridgehead atoms. The lowest BCUT2D eigenvalue weighted by molar-refractivity contribution is -0.00117. The van der Waals surface area contributed by atoms with Gasteiger partial charge in [-0.1, -0.05) is 27.7 Å². The molecular weight excluding hydrogens is 190 g/mol. The van der Waals surface area contributed by atoms with Gasteiger partial charge in [0.2, 0.25) is 0 Å². The molecule has 0 spiro atoms. The Balaban J connectivity index is 3.98. The quantitative estimate of drug-likeness (QED) is 0.522. The summed E-state index contributed by atoms with van der Waals surface area (Å²) in [6, 6.07) is 1.21. The molecule has 0 aromatic rings. The molecule has 3 heteroatoms. The van der Waals surface area contributed by atoms with E-state index in [2.05, 4.69) is 34.6 Å². The lowest BCUT2D eigenvalue weighted by Crippen LogP contribution is -2.41.